The van der Waals surface area contributed by atoms with Gasteiger partial charge < -0.3 is 10.1 Å². The third-order valence-electron chi connectivity index (χ3n) is 3.20. The lowest BCUT2D eigenvalue weighted by atomic mass is 10.1. The molecule has 2 aromatic rings. The second kappa shape index (κ2) is 5.94. The Hall–Kier alpha value is -1.04. The maximum absolute atomic E-state index is 6.29. The number of nitrogens with zero attached hydrogens (tertiary/aromatic N) is 2. The summed E-state index contributed by atoms with van der Waals surface area (Å²) in [5.41, 5.74) is 2.08. The van der Waals surface area contributed by atoms with E-state index < -0.39 is 0 Å². The third kappa shape index (κ3) is 2.94. The van der Waals surface area contributed by atoms with Crippen molar-refractivity contribution in [1.82, 2.24) is 15.1 Å². The lowest BCUT2D eigenvalue weighted by molar-refractivity contribution is 0.416. The number of nitrogens with one attached hydrogen (secondary N) is 1. The Balaban J connectivity index is 2.23. The quantitative estimate of drug-likeness (QED) is 0.922. The molecule has 1 atom stereocenters. The molecule has 1 unspecified atom stereocenters. The third-order valence-corrected chi connectivity index (χ3v) is 4.70. The monoisotopic (exact) mass is 299 g/mol. The highest BCUT2D eigenvalue weighted by Gasteiger charge is 2.19. The molecular weight excluding hydrogens is 282 g/mol. The Morgan fingerprint density at radius 2 is 2.32 bits per heavy atom. The Morgan fingerprint density at radius 1 is 1.58 bits per heavy atom. The number of likely N-dealkylation sites (N-methyl/N-ethyl adjacent to an activating group) is 1. The van der Waals surface area contributed by atoms with Gasteiger partial charge in [-0.25, -0.2) is 0 Å². The largest absolute Gasteiger partial charge is 0.496 e. The average Bonchev–Trinajstić information content (AvgIpc) is 2.95. The number of hydrogen-bond acceptors (Lipinski definition) is 4. The first kappa shape index (κ1) is 14.4. The summed E-state index contributed by atoms with van der Waals surface area (Å²) in [6.07, 6.45) is 0.818. The standard InChI is InChI=1S/C13H18ClN3OS/c1-8-10(13(14)17(3)16-8)6-11(15-2)12-5-9(18-4)7-19-12/h5,7,11,15H,6H2,1-4H3. The van der Waals surface area contributed by atoms with Crippen LogP contribution in [0.25, 0.3) is 0 Å². The Labute approximate surface area is 122 Å². The fourth-order valence-electron chi connectivity index (χ4n) is 2.08. The summed E-state index contributed by atoms with van der Waals surface area (Å²) in [5.74, 6) is 0.897. The van der Waals surface area contributed by atoms with Crippen molar-refractivity contribution in [3.8, 4) is 5.75 Å². The van der Waals surface area contributed by atoms with E-state index in [9.17, 15) is 0 Å². The van der Waals surface area contributed by atoms with Crippen molar-refractivity contribution < 1.29 is 4.74 Å². The van der Waals surface area contributed by atoms with Crippen LogP contribution in [0.1, 0.15) is 22.2 Å². The molecule has 19 heavy (non-hydrogen) atoms. The van der Waals surface area contributed by atoms with Gasteiger partial charge in [-0.05, 0) is 26.5 Å². The normalized spacial score (nSPS) is 12.7. The van der Waals surface area contributed by atoms with Crippen molar-refractivity contribution in [2.75, 3.05) is 14.2 Å². The van der Waals surface area contributed by atoms with Gasteiger partial charge in [0.1, 0.15) is 10.9 Å². The number of methoxy groups -OCH3 is 1. The smallest absolute Gasteiger partial charge is 0.130 e. The highest BCUT2D eigenvalue weighted by atomic mass is 35.5. The molecule has 2 aromatic heterocycles. The van der Waals surface area contributed by atoms with E-state index in [-0.39, 0.29) is 6.04 Å². The van der Waals surface area contributed by atoms with E-state index in [0.717, 1.165) is 23.4 Å². The molecule has 0 fully saturated rings. The van der Waals surface area contributed by atoms with Crippen molar-refractivity contribution in [2.45, 2.75) is 19.4 Å². The fourth-order valence-corrected chi connectivity index (χ4v) is 3.30. The van der Waals surface area contributed by atoms with Crippen molar-refractivity contribution in [1.29, 1.82) is 0 Å². The van der Waals surface area contributed by atoms with Crippen molar-refractivity contribution >= 4 is 22.9 Å². The van der Waals surface area contributed by atoms with Crippen LogP contribution in [-0.4, -0.2) is 23.9 Å². The van der Waals surface area contributed by atoms with Crippen LogP contribution in [0.4, 0.5) is 0 Å². The van der Waals surface area contributed by atoms with Crippen LogP contribution < -0.4 is 10.1 Å². The second-order valence-electron chi connectivity index (χ2n) is 4.41. The van der Waals surface area contributed by atoms with Crippen molar-refractivity contribution in [3.63, 3.8) is 0 Å². The van der Waals surface area contributed by atoms with Crippen LogP contribution in [-0.2, 0) is 13.5 Å². The number of halogens is 1. The molecule has 104 valence electrons. The zero-order chi connectivity index (χ0) is 14.0. The molecule has 0 saturated heterocycles. The number of rotatable bonds is 5. The lowest BCUT2D eigenvalue weighted by Gasteiger charge is -2.14. The highest BCUT2D eigenvalue weighted by Crippen LogP contribution is 2.31. The summed E-state index contributed by atoms with van der Waals surface area (Å²) >= 11 is 7.97. The van der Waals surface area contributed by atoms with E-state index in [0.29, 0.717) is 5.15 Å². The molecule has 0 aliphatic heterocycles. The van der Waals surface area contributed by atoms with Gasteiger partial charge in [0.2, 0.25) is 0 Å². The molecule has 0 amide bonds. The van der Waals surface area contributed by atoms with E-state index in [2.05, 4.69) is 16.5 Å². The maximum atomic E-state index is 6.29. The van der Waals surface area contributed by atoms with Gasteiger partial charge in [-0.1, -0.05) is 11.6 Å². The first-order valence-electron chi connectivity index (χ1n) is 6.04. The van der Waals surface area contributed by atoms with E-state index in [4.69, 9.17) is 16.3 Å². The molecule has 0 spiro atoms. The van der Waals surface area contributed by atoms with Crippen molar-refractivity contribution in [3.05, 3.63) is 32.7 Å². The Bertz CT molecular complexity index is 564. The average molecular weight is 300 g/mol. The number of thiophene rings is 1. The molecule has 6 heteroatoms. The van der Waals surface area contributed by atoms with Crippen molar-refractivity contribution in [2.24, 2.45) is 7.05 Å². The number of hydrogen-bond donors (Lipinski definition) is 1. The minimum absolute atomic E-state index is 0.217. The molecule has 0 bridgehead atoms. The minimum atomic E-state index is 0.217. The van der Waals surface area contributed by atoms with E-state index in [1.807, 2.05) is 26.4 Å². The fraction of sp³-hybridized carbons (Fsp3) is 0.462. The highest BCUT2D eigenvalue weighted by molar-refractivity contribution is 7.10. The van der Waals surface area contributed by atoms with Gasteiger partial charge >= 0.3 is 0 Å². The summed E-state index contributed by atoms with van der Waals surface area (Å²) in [6.45, 7) is 1.99. The first-order valence-corrected chi connectivity index (χ1v) is 7.30. The second-order valence-corrected chi connectivity index (χ2v) is 5.71. The number of ether oxygens (including phenoxy) is 1. The van der Waals surface area contributed by atoms with Crippen LogP contribution in [0, 0.1) is 6.92 Å². The lowest BCUT2D eigenvalue weighted by Crippen LogP contribution is -2.18. The van der Waals surface area contributed by atoms with E-state index in [1.165, 1.54) is 4.88 Å². The molecule has 0 saturated carbocycles. The maximum Gasteiger partial charge on any atom is 0.130 e. The molecule has 0 aliphatic carbocycles. The molecule has 4 nitrogen and oxygen atoms in total. The number of aromatic nitrogens is 2. The summed E-state index contributed by atoms with van der Waals surface area (Å²) in [7, 11) is 5.50. The van der Waals surface area contributed by atoms with E-state index in [1.54, 1.807) is 23.1 Å². The Kier molecular flexibility index (Phi) is 4.50. The zero-order valence-electron chi connectivity index (χ0n) is 11.5. The molecular formula is C13H18ClN3OS. The van der Waals surface area contributed by atoms with Crippen LogP contribution in [0.5, 0.6) is 5.75 Å². The molecule has 0 radical (unpaired) electrons. The van der Waals surface area contributed by atoms with Crippen LogP contribution >= 0.6 is 22.9 Å². The van der Waals surface area contributed by atoms with Gasteiger partial charge in [0.15, 0.2) is 0 Å². The van der Waals surface area contributed by atoms with Gasteiger partial charge in [-0.3, -0.25) is 4.68 Å². The molecule has 1 N–H and O–H groups in total. The van der Waals surface area contributed by atoms with Crippen LogP contribution in [0.3, 0.4) is 0 Å². The SMILES string of the molecule is CNC(Cc1c(C)nn(C)c1Cl)c1cc(OC)cs1. The predicted molar refractivity (Wildman–Crippen MR) is 79.3 cm³/mol. The summed E-state index contributed by atoms with van der Waals surface area (Å²) in [4.78, 5) is 1.23. The summed E-state index contributed by atoms with van der Waals surface area (Å²) in [6, 6.07) is 2.28. The van der Waals surface area contributed by atoms with Crippen LogP contribution in [0.2, 0.25) is 5.15 Å². The van der Waals surface area contributed by atoms with Gasteiger partial charge in [0, 0.05) is 28.9 Å². The molecule has 2 rings (SSSR count). The van der Waals surface area contributed by atoms with Gasteiger partial charge in [-0.15, -0.1) is 11.3 Å². The van der Waals surface area contributed by atoms with Gasteiger partial charge in [0.05, 0.1) is 12.8 Å². The van der Waals surface area contributed by atoms with E-state index >= 15 is 0 Å². The summed E-state index contributed by atoms with van der Waals surface area (Å²) < 4.78 is 6.95. The Morgan fingerprint density at radius 3 is 2.79 bits per heavy atom. The van der Waals surface area contributed by atoms with Crippen LogP contribution in [0.15, 0.2) is 11.4 Å². The minimum Gasteiger partial charge on any atom is -0.496 e. The zero-order valence-corrected chi connectivity index (χ0v) is 13.1. The molecule has 0 aromatic carbocycles. The van der Waals surface area contributed by atoms with Gasteiger partial charge in [-0.2, -0.15) is 5.10 Å². The van der Waals surface area contributed by atoms with Gasteiger partial charge in [0.25, 0.3) is 0 Å². The predicted octanol–water partition coefficient (Wildman–Crippen LogP) is 2.96. The first-order chi connectivity index (χ1) is 9.06. The molecule has 2 heterocycles. The number of aryl methyl sites for hydroxylation is 2. The molecule has 0 aliphatic rings. The topological polar surface area (TPSA) is 39.1 Å². The summed E-state index contributed by atoms with van der Waals surface area (Å²) in [5, 5.41) is 10.4.